The summed E-state index contributed by atoms with van der Waals surface area (Å²) in [6.45, 7) is 0.590. The van der Waals surface area contributed by atoms with Crippen LogP contribution in [-0.2, 0) is 9.84 Å². The van der Waals surface area contributed by atoms with Gasteiger partial charge >= 0.3 is 0 Å². The Morgan fingerprint density at radius 3 is 2.60 bits per heavy atom. The van der Waals surface area contributed by atoms with E-state index in [0.717, 1.165) is 3.57 Å². The van der Waals surface area contributed by atoms with Crippen LogP contribution in [0.15, 0.2) is 48.5 Å². The lowest BCUT2D eigenvalue weighted by Crippen LogP contribution is -2.33. The Morgan fingerprint density at radius 1 is 1.12 bits per heavy atom. The number of rotatable bonds is 2. The van der Waals surface area contributed by atoms with Crippen molar-refractivity contribution in [3.05, 3.63) is 68.3 Å². The highest BCUT2D eigenvalue weighted by atomic mass is 127. The lowest BCUT2D eigenvalue weighted by Gasteiger charge is -2.20. The molecular weight excluding hydrogens is 473 g/mol. The number of benzene rings is 2. The van der Waals surface area contributed by atoms with Crippen LogP contribution in [-0.4, -0.2) is 38.1 Å². The van der Waals surface area contributed by atoms with Gasteiger partial charge in [0.2, 0.25) is 0 Å². The normalized spacial score (nSPS) is 20.1. The highest BCUT2D eigenvalue weighted by Gasteiger charge is 2.33. The van der Waals surface area contributed by atoms with Gasteiger partial charge in [-0.2, -0.15) is 0 Å². The quantitative estimate of drug-likeness (QED) is 0.601. The van der Waals surface area contributed by atoms with Crippen molar-refractivity contribution in [2.24, 2.45) is 0 Å². The summed E-state index contributed by atoms with van der Waals surface area (Å²) in [5.41, 5.74) is 1.20. The predicted octanol–water partition coefficient (Wildman–Crippen LogP) is 3.95. The average Bonchev–Trinajstić information content (AvgIpc) is 2.73. The maximum Gasteiger partial charge on any atom is 0.253 e. The Bertz CT molecular complexity index is 901. The largest absolute Gasteiger partial charge is 0.338 e. The monoisotopic (exact) mass is 489 g/mol. The molecule has 2 aromatic carbocycles. The van der Waals surface area contributed by atoms with Crippen LogP contribution in [0.4, 0.5) is 0 Å². The second-order valence-electron chi connectivity index (χ2n) is 5.97. The van der Waals surface area contributed by atoms with Crippen molar-refractivity contribution in [1.82, 2.24) is 4.90 Å². The summed E-state index contributed by atoms with van der Waals surface area (Å²) in [5, 5.41) is -0.219. The predicted molar refractivity (Wildman–Crippen MR) is 108 cm³/mol. The lowest BCUT2D eigenvalue weighted by molar-refractivity contribution is 0.0766. The average molecular weight is 490 g/mol. The Hall–Kier alpha value is -1.12. The molecule has 1 heterocycles. The molecule has 0 radical (unpaired) electrons. The smallest absolute Gasteiger partial charge is 0.253 e. The van der Waals surface area contributed by atoms with E-state index in [1.165, 1.54) is 0 Å². The number of carbonyl (C=O) groups is 1. The molecule has 1 unspecified atom stereocenters. The third-order valence-electron chi connectivity index (χ3n) is 4.35. The first-order valence-corrected chi connectivity index (χ1v) is 11.1. The molecule has 7 heteroatoms. The van der Waals surface area contributed by atoms with E-state index in [0.29, 0.717) is 29.1 Å². The summed E-state index contributed by atoms with van der Waals surface area (Å²) in [4.78, 5) is 14.4. The number of hydrogen-bond acceptors (Lipinski definition) is 3. The molecule has 2 aromatic rings. The van der Waals surface area contributed by atoms with Crippen LogP contribution in [0, 0.1) is 3.57 Å². The zero-order valence-electron chi connectivity index (χ0n) is 13.4. The van der Waals surface area contributed by atoms with Gasteiger partial charge in [0.05, 0.1) is 11.0 Å². The van der Waals surface area contributed by atoms with E-state index in [1.807, 2.05) is 18.2 Å². The van der Waals surface area contributed by atoms with Crippen LogP contribution in [0.1, 0.15) is 27.6 Å². The summed E-state index contributed by atoms with van der Waals surface area (Å²) in [5.74, 6) is -0.188. The minimum atomic E-state index is -3.37. The molecule has 0 aliphatic carbocycles. The van der Waals surface area contributed by atoms with Crippen molar-refractivity contribution in [2.45, 2.75) is 11.7 Å². The number of carbonyl (C=O) groups excluding carboxylic acids is 1. The van der Waals surface area contributed by atoms with E-state index < -0.39 is 15.1 Å². The second kappa shape index (κ2) is 7.63. The van der Waals surface area contributed by atoms with Gasteiger partial charge in [-0.25, -0.2) is 8.42 Å². The fraction of sp³-hybridized carbons (Fsp3) is 0.278. The van der Waals surface area contributed by atoms with Crippen LogP contribution in [0.5, 0.6) is 0 Å². The van der Waals surface area contributed by atoms with Crippen molar-refractivity contribution in [3.8, 4) is 0 Å². The maximum absolute atomic E-state index is 12.7. The van der Waals surface area contributed by atoms with Crippen molar-refractivity contribution < 1.29 is 13.2 Å². The first-order chi connectivity index (χ1) is 11.9. The molecule has 1 aliphatic heterocycles. The zero-order valence-corrected chi connectivity index (χ0v) is 17.1. The highest BCUT2D eigenvalue weighted by Crippen LogP contribution is 2.34. The van der Waals surface area contributed by atoms with Gasteiger partial charge in [0.15, 0.2) is 9.84 Å². The molecule has 1 amide bonds. The summed E-state index contributed by atoms with van der Waals surface area (Å²) in [7, 11) is -3.37. The van der Waals surface area contributed by atoms with Crippen LogP contribution >= 0.6 is 34.2 Å². The van der Waals surface area contributed by atoms with Gasteiger partial charge in [0.1, 0.15) is 0 Å². The lowest BCUT2D eigenvalue weighted by atomic mass is 10.1. The third-order valence-corrected chi connectivity index (χ3v) is 7.47. The second-order valence-corrected chi connectivity index (χ2v) is 9.92. The highest BCUT2D eigenvalue weighted by molar-refractivity contribution is 14.1. The molecule has 4 nitrogen and oxygen atoms in total. The van der Waals surface area contributed by atoms with E-state index in [1.54, 1.807) is 35.2 Å². The van der Waals surface area contributed by atoms with E-state index in [4.69, 9.17) is 11.6 Å². The van der Waals surface area contributed by atoms with Gasteiger partial charge in [-0.3, -0.25) is 4.79 Å². The number of sulfone groups is 1. The molecule has 0 saturated carbocycles. The Kier molecular flexibility index (Phi) is 5.70. The Morgan fingerprint density at radius 2 is 1.88 bits per heavy atom. The van der Waals surface area contributed by atoms with Crippen LogP contribution in [0.25, 0.3) is 0 Å². The molecule has 132 valence electrons. The number of halogens is 2. The number of hydrogen-bond donors (Lipinski definition) is 0. The van der Waals surface area contributed by atoms with E-state index in [2.05, 4.69) is 22.6 Å². The molecule has 0 N–H and O–H groups in total. The first kappa shape index (κ1) is 18.7. The SMILES string of the molecule is O=C(c1cccc(I)c1)N1CCC(c2ccccc2Cl)S(=O)(=O)CC1. The topological polar surface area (TPSA) is 54.5 Å². The molecule has 25 heavy (non-hydrogen) atoms. The molecule has 0 aromatic heterocycles. The summed E-state index contributed by atoms with van der Waals surface area (Å²) >= 11 is 8.36. The molecule has 0 spiro atoms. The minimum absolute atomic E-state index is 0.0570. The summed E-state index contributed by atoms with van der Waals surface area (Å²) in [6.07, 6.45) is 0.349. The summed E-state index contributed by atoms with van der Waals surface area (Å²) < 4.78 is 26.4. The number of nitrogens with zero attached hydrogens (tertiary/aromatic N) is 1. The molecular formula is C18H17ClINO3S. The van der Waals surface area contributed by atoms with Crippen molar-refractivity contribution in [3.63, 3.8) is 0 Å². The molecule has 3 rings (SSSR count). The van der Waals surface area contributed by atoms with Gasteiger partial charge in [-0.1, -0.05) is 35.9 Å². The van der Waals surface area contributed by atoms with Crippen molar-refractivity contribution in [2.75, 3.05) is 18.8 Å². The van der Waals surface area contributed by atoms with Gasteiger partial charge in [0, 0.05) is 27.2 Å². The molecule has 1 fully saturated rings. The van der Waals surface area contributed by atoms with E-state index in [-0.39, 0.29) is 18.2 Å². The third kappa shape index (κ3) is 4.17. The van der Waals surface area contributed by atoms with Crippen LogP contribution in [0.3, 0.4) is 0 Å². The van der Waals surface area contributed by atoms with Crippen LogP contribution in [0.2, 0.25) is 5.02 Å². The van der Waals surface area contributed by atoms with Crippen molar-refractivity contribution >= 4 is 49.9 Å². The Labute approximate surface area is 166 Å². The summed E-state index contributed by atoms with van der Waals surface area (Å²) in [6, 6.07) is 14.3. The van der Waals surface area contributed by atoms with E-state index >= 15 is 0 Å². The van der Waals surface area contributed by atoms with Crippen molar-refractivity contribution in [1.29, 1.82) is 0 Å². The van der Waals surface area contributed by atoms with Gasteiger partial charge in [0.25, 0.3) is 5.91 Å². The molecule has 0 bridgehead atoms. The minimum Gasteiger partial charge on any atom is -0.338 e. The number of amides is 1. The van der Waals surface area contributed by atoms with Gasteiger partial charge < -0.3 is 4.90 Å². The standard InChI is InChI=1S/C18H17ClINO3S/c19-16-7-2-1-6-15(16)17-8-9-21(10-11-25(17,23)24)18(22)13-4-3-5-14(20)12-13/h1-7,12,17H,8-11H2. The first-order valence-electron chi connectivity index (χ1n) is 7.89. The van der Waals surface area contributed by atoms with Gasteiger partial charge in [-0.15, -0.1) is 0 Å². The van der Waals surface area contributed by atoms with Gasteiger partial charge in [-0.05, 0) is 58.8 Å². The maximum atomic E-state index is 12.7. The molecule has 1 aliphatic rings. The fourth-order valence-electron chi connectivity index (χ4n) is 3.04. The fourth-order valence-corrected chi connectivity index (χ4v) is 5.73. The molecule has 1 atom stereocenters. The zero-order chi connectivity index (χ0) is 18.0. The van der Waals surface area contributed by atoms with E-state index in [9.17, 15) is 13.2 Å². The molecule has 1 saturated heterocycles. The Balaban J connectivity index is 1.85. The van der Waals surface area contributed by atoms with Crippen LogP contribution < -0.4 is 0 Å².